The van der Waals surface area contributed by atoms with E-state index in [4.69, 9.17) is 4.74 Å². The third-order valence-electron chi connectivity index (χ3n) is 5.48. The van der Waals surface area contributed by atoms with Crippen molar-refractivity contribution in [3.05, 3.63) is 77.0 Å². The summed E-state index contributed by atoms with van der Waals surface area (Å²) < 4.78 is 6.95. The van der Waals surface area contributed by atoms with Gasteiger partial charge in [-0.1, -0.05) is 47.6 Å². The van der Waals surface area contributed by atoms with Gasteiger partial charge in [0.25, 0.3) is 0 Å². The number of allylic oxidation sites excluding steroid dienone is 2. The standard InChI is InChI=1S/C21H19N5O2/c1-28-16-9-7-14(8-10-16)20-19-17(22-21-23-24-25-26(20)21)11-15(12-18(19)27)13-5-3-2-4-6-13/h2-10,15,20H,11-12H2,1H3,(H,22,23,25)/t15-,20-/m1/s1. The Morgan fingerprint density at radius 2 is 1.82 bits per heavy atom. The second kappa shape index (κ2) is 6.60. The minimum atomic E-state index is -0.337. The van der Waals surface area contributed by atoms with Crippen LogP contribution >= 0.6 is 0 Å². The molecule has 1 aromatic heterocycles. The van der Waals surface area contributed by atoms with E-state index in [0.29, 0.717) is 12.4 Å². The summed E-state index contributed by atoms with van der Waals surface area (Å²) in [7, 11) is 1.63. The Morgan fingerprint density at radius 3 is 2.57 bits per heavy atom. The number of carbonyl (C=O) groups is 1. The highest BCUT2D eigenvalue weighted by Crippen LogP contribution is 2.43. The molecule has 0 saturated carbocycles. The van der Waals surface area contributed by atoms with Crippen LogP contribution in [0.15, 0.2) is 65.9 Å². The topological polar surface area (TPSA) is 81.9 Å². The van der Waals surface area contributed by atoms with Crippen molar-refractivity contribution >= 4 is 11.7 Å². The smallest absolute Gasteiger partial charge is 0.248 e. The van der Waals surface area contributed by atoms with E-state index in [1.165, 1.54) is 5.56 Å². The van der Waals surface area contributed by atoms with Crippen LogP contribution in [-0.4, -0.2) is 33.1 Å². The molecule has 0 bridgehead atoms. The molecule has 0 fully saturated rings. The zero-order valence-corrected chi connectivity index (χ0v) is 15.4. The van der Waals surface area contributed by atoms with Crippen molar-refractivity contribution in [1.82, 2.24) is 20.2 Å². The number of nitrogens with one attached hydrogen (secondary N) is 1. The van der Waals surface area contributed by atoms with Crippen LogP contribution in [0.3, 0.4) is 0 Å². The van der Waals surface area contributed by atoms with E-state index in [2.05, 4.69) is 33.0 Å². The van der Waals surface area contributed by atoms with Crippen molar-refractivity contribution < 1.29 is 9.53 Å². The van der Waals surface area contributed by atoms with E-state index in [-0.39, 0.29) is 17.7 Å². The number of carbonyl (C=O) groups excluding carboxylic acids is 1. The number of anilines is 1. The molecule has 7 heteroatoms. The van der Waals surface area contributed by atoms with E-state index < -0.39 is 0 Å². The molecule has 0 unspecified atom stereocenters. The average molecular weight is 373 g/mol. The Hall–Kier alpha value is -3.48. The van der Waals surface area contributed by atoms with E-state index in [1.807, 2.05) is 42.5 Å². The normalized spacial score (nSPS) is 21.0. The Labute approximate surface area is 162 Å². The van der Waals surface area contributed by atoms with Gasteiger partial charge in [0.1, 0.15) is 11.8 Å². The van der Waals surface area contributed by atoms with Crippen LogP contribution in [0, 0.1) is 0 Å². The number of hydrogen-bond acceptors (Lipinski definition) is 6. The van der Waals surface area contributed by atoms with E-state index >= 15 is 0 Å². The highest BCUT2D eigenvalue weighted by molar-refractivity contribution is 6.00. The number of Topliss-reactive ketones (excluding diaryl/α,β-unsaturated/α-hetero) is 1. The summed E-state index contributed by atoms with van der Waals surface area (Å²) >= 11 is 0. The molecule has 0 saturated heterocycles. The van der Waals surface area contributed by atoms with Gasteiger partial charge in [-0.2, -0.15) is 4.68 Å². The third kappa shape index (κ3) is 2.67. The van der Waals surface area contributed by atoms with Gasteiger partial charge < -0.3 is 10.1 Å². The Bertz CT molecular complexity index is 1060. The molecule has 0 spiro atoms. The fraction of sp³-hybridized carbons (Fsp3) is 0.238. The predicted octanol–water partition coefficient (Wildman–Crippen LogP) is 3.10. The van der Waals surface area contributed by atoms with Gasteiger partial charge >= 0.3 is 0 Å². The number of hydrogen-bond donors (Lipinski definition) is 1. The minimum absolute atomic E-state index is 0.129. The molecule has 1 aliphatic carbocycles. The van der Waals surface area contributed by atoms with Gasteiger partial charge in [-0.25, -0.2) is 0 Å². The van der Waals surface area contributed by atoms with Gasteiger partial charge in [-0.3, -0.25) is 4.79 Å². The summed E-state index contributed by atoms with van der Waals surface area (Å²) in [4.78, 5) is 13.2. The monoisotopic (exact) mass is 373 g/mol. The van der Waals surface area contributed by atoms with Crippen molar-refractivity contribution in [1.29, 1.82) is 0 Å². The summed E-state index contributed by atoms with van der Waals surface area (Å²) in [6.45, 7) is 0. The molecule has 2 aliphatic rings. The first-order chi connectivity index (χ1) is 13.7. The fourth-order valence-electron chi connectivity index (χ4n) is 4.13. The van der Waals surface area contributed by atoms with Crippen molar-refractivity contribution in [2.24, 2.45) is 0 Å². The zero-order valence-electron chi connectivity index (χ0n) is 15.4. The lowest BCUT2D eigenvalue weighted by Gasteiger charge is -2.34. The number of benzene rings is 2. The maximum atomic E-state index is 13.2. The Balaban J connectivity index is 1.58. The zero-order chi connectivity index (χ0) is 19.1. The summed E-state index contributed by atoms with van der Waals surface area (Å²) in [5.41, 5.74) is 3.79. The number of aromatic nitrogens is 4. The average Bonchev–Trinajstić information content (AvgIpc) is 3.21. The first kappa shape index (κ1) is 16.7. The van der Waals surface area contributed by atoms with Gasteiger partial charge in [0, 0.05) is 17.7 Å². The maximum Gasteiger partial charge on any atom is 0.248 e. The molecule has 2 atom stereocenters. The highest BCUT2D eigenvalue weighted by atomic mass is 16.5. The largest absolute Gasteiger partial charge is 0.497 e. The molecule has 140 valence electrons. The van der Waals surface area contributed by atoms with Crippen LogP contribution < -0.4 is 10.1 Å². The molecule has 1 aliphatic heterocycles. The summed E-state index contributed by atoms with van der Waals surface area (Å²) in [6.07, 6.45) is 1.24. The molecule has 7 nitrogen and oxygen atoms in total. The third-order valence-corrected chi connectivity index (χ3v) is 5.48. The summed E-state index contributed by atoms with van der Waals surface area (Å²) in [6, 6.07) is 17.5. The van der Waals surface area contributed by atoms with Crippen LogP contribution in [0.2, 0.25) is 0 Å². The maximum absolute atomic E-state index is 13.2. The van der Waals surface area contributed by atoms with Gasteiger partial charge in [-0.15, -0.1) is 0 Å². The predicted molar refractivity (Wildman–Crippen MR) is 103 cm³/mol. The highest BCUT2D eigenvalue weighted by Gasteiger charge is 2.39. The quantitative estimate of drug-likeness (QED) is 0.760. The lowest BCUT2D eigenvalue weighted by Crippen LogP contribution is -2.33. The first-order valence-corrected chi connectivity index (χ1v) is 9.24. The van der Waals surface area contributed by atoms with Gasteiger partial charge in [0.2, 0.25) is 5.95 Å². The van der Waals surface area contributed by atoms with Crippen LogP contribution in [0.1, 0.15) is 35.9 Å². The number of fused-ring (bicyclic) bond motifs is 1. The van der Waals surface area contributed by atoms with Gasteiger partial charge in [0.05, 0.1) is 7.11 Å². The second-order valence-corrected chi connectivity index (χ2v) is 7.08. The number of rotatable bonds is 3. The molecule has 28 heavy (non-hydrogen) atoms. The van der Waals surface area contributed by atoms with Crippen LogP contribution in [0.25, 0.3) is 0 Å². The molecular weight excluding hydrogens is 354 g/mol. The lowest BCUT2D eigenvalue weighted by atomic mass is 9.78. The lowest BCUT2D eigenvalue weighted by molar-refractivity contribution is -0.116. The van der Waals surface area contributed by atoms with Crippen molar-refractivity contribution in [3.63, 3.8) is 0 Å². The van der Waals surface area contributed by atoms with Crippen LogP contribution in [0.5, 0.6) is 5.75 Å². The van der Waals surface area contributed by atoms with E-state index in [1.54, 1.807) is 11.8 Å². The minimum Gasteiger partial charge on any atom is -0.497 e. The van der Waals surface area contributed by atoms with Crippen LogP contribution in [-0.2, 0) is 4.79 Å². The number of methoxy groups -OCH3 is 1. The summed E-state index contributed by atoms with van der Waals surface area (Å²) in [5, 5.41) is 15.3. The molecule has 0 amide bonds. The molecule has 3 aromatic rings. The van der Waals surface area contributed by atoms with Gasteiger partial charge in [-0.05, 0) is 46.0 Å². The van der Waals surface area contributed by atoms with Crippen molar-refractivity contribution in [2.45, 2.75) is 24.8 Å². The number of ketones is 1. The van der Waals surface area contributed by atoms with Crippen LogP contribution in [0.4, 0.5) is 5.95 Å². The Morgan fingerprint density at radius 1 is 1.04 bits per heavy atom. The van der Waals surface area contributed by atoms with Crippen molar-refractivity contribution in [2.75, 3.05) is 12.4 Å². The SMILES string of the molecule is COc1ccc([C@@H]2C3=C(C[C@@H](c4ccccc4)CC3=O)Nc3nnnn32)cc1. The first-order valence-electron chi connectivity index (χ1n) is 9.24. The van der Waals surface area contributed by atoms with E-state index in [0.717, 1.165) is 29.0 Å². The van der Waals surface area contributed by atoms with Crippen molar-refractivity contribution in [3.8, 4) is 5.75 Å². The summed E-state index contributed by atoms with van der Waals surface area (Å²) in [5.74, 6) is 1.60. The molecule has 5 rings (SSSR count). The van der Waals surface area contributed by atoms with E-state index in [9.17, 15) is 4.79 Å². The number of ether oxygens (including phenoxy) is 1. The number of nitrogens with zero attached hydrogens (tertiary/aromatic N) is 4. The second-order valence-electron chi connectivity index (χ2n) is 7.08. The molecule has 1 N–H and O–H groups in total. The molecule has 0 radical (unpaired) electrons. The molecule has 2 heterocycles. The molecule has 2 aromatic carbocycles. The van der Waals surface area contributed by atoms with Gasteiger partial charge in [0.15, 0.2) is 5.78 Å². The Kier molecular flexibility index (Phi) is 3.93. The molecular formula is C21H19N5O2. The number of tetrazole rings is 1. The fourth-order valence-corrected chi connectivity index (χ4v) is 4.13.